The van der Waals surface area contributed by atoms with Crippen molar-refractivity contribution in [3.8, 4) is 0 Å². The first-order valence-electron chi connectivity index (χ1n) is 8.88. The second-order valence-electron chi connectivity index (χ2n) is 6.47. The summed E-state index contributed by atoms with van der Waals surface area (Å²) in [4.78, 5) is 24.5. The van der Waals surface area contributed by atoms with Crippen LogP contribution in [0.15, 0.2) is 53.8 Å². The largest absolute Gasteiger partial charge is 0.351 e. The summed E-state index contributed by atoms with van der Waals surface area (Å²) in [6, 6.07) is 14.2. The summed E-state index contributed by atoms with van der Waals surface area (Å²) in [5.74, 6) is 0.239. The number of aryl methyl sites for hydroxylation is 2. The lowest BCUT2D eigenvalue weighted by Crippen LogP contribution is -2.14. The zero-order valence-corrected chi connectivity index (χ0v) is 16.1. The number of hydrogen-bond acceptors (Lipinski definition) is 4. The Labute approximate surface area is 161 Å². The number of amides is 1. The molecular formula is C21H20N4OS. The maximum Gasteiger partial charge on any atom is 0.234 e. The van der Waals surface area contributed by atoms with E-state index in [1.165, 1.54) is 22.9 Å². The van der Waals surface area contributed by atoms with Crippen LogP contribution in [-0.4, -0.2) is 26.6 Å². The number of hydrogen-bond donors (Lipinski definition) is 2. The number of carbonyl (C=O) groups is 1. The topological polar surface area (TPSA) is 70.7 Å². The minimum Gasteiger partial charge on any atom is -0.351 e. The Morgan fingerprint density at radius 1 is 1.19 bits per heavy atom. The average Bonchev–Trinajstić information content (AvgIpc) is 3.05. The molecule has 0 bridgehead atoms. The highest BCUT2D eigenvalue weighted by molar-refractivity contribution is 8.00. The molecule has 0 radical (unpaired) electrons. The molecule has 0 aliphatic heterocycles. The molecule has 5 nitrogen and oxygen atoms in total. The highest BCUT2D eigenvalue weighted by Gasteiger charge is 2.13. The Balaban J connectivity index is 1.53. The predicted octanol–water partition coefficient (Wildman–Crippen LogP) is 4.71. The van der Waals surface area contributed by atoms with E-state index < -0.39 is 0 Å². The Morgan fingerprint density at radius 3 is 2.93 bits per heavy atom. The standard InChI is InChI=1S/C21H20N4OS/c1-3-14-5-4-6-15(10-14)24-18(26)11-27-21-20-19(22-12-23-21)16-9-13(2)7-8-17(16)25-20/h4-10,12,25H,3,11H2,1-2H3,(H,24,26). The summed E-state index contributed by atoms with van der Waals surface area (Å²) in [5.41, 5.74) is 6.01. The maximum atomic E-state index is 12.4. The fourth-order valence-corrected chi connectivity index (χ4v) is 3.85. The molecule has 27 heavy (non-hydrogen) atoms. The van der Waals surface area contributed by atoms with Gasteiger partial charge in [-0.25, -0.2) is 9.97 Å². The van der Waals surface area contributed by atoms with Crippen LogP contribution >= 0.6 is 11.8 Å². The highest BCUT2D eigenvalue weighted by atomic mass is 32.2. The molecule has 2 aromatic carbocycles. The van der Waals surface area contributed by atoms with E-state index >= 15 is 0 Å². The molecule has 0 unspecified atom stereocenters. The van der Waals surface area contributed by atoms with Crippen LogP contribution in [0, 0.1) is 6.92 Å². The Hall–Kier alpha value is -2.86. The van der Waals surface area contributed by atoms with E-state index in [2.05, 4.69) is 52.3 Å². The maximum absolute atomic E-state index is 12.4. The molecule has 6 heteroatoms. The molecule has 2 N–H and O–H groups in total. The quantitative estimate of drug-likeness (QED) is 0.391. The predicted molar refractivity (Wildman–Crippen MR) is 111 cm³/mol. The van der Waals surface area contributed by atoms with E-state index in [4.69, 9.17) is 0 Å². The van der Waals surface area contributed by atoms with Crippen LogP contribution in [-0.2, 0) is 11.2 Å². The number of carbonyl (C=O) groups excluding carboxylic acids is 1. The molecule has 0 fully saturated rings. The molecule has 0 spiro atoms. The zero-order valence-electron chi connectivity index (χ0n) is 15.2. The summed E-state index contributed by atoms with van der Waals surface area (Å²) in [5, 5.41) is 4.82. The van der Waals surface area contributed by atoms with Crippen molar-refractivity contribution < 1.29 is 4.79 Å². The van der Waals surface area contributed by atoms with Gasteiger partial charge in [-0.1, -0.05) is 42.4 Å². The molecular weight excluding hydrogens is 356 g/mol. The smallest absolute Gasteiger partial charge is 0.234 e. The number of rotatable bonds is 5. The van der Waals surface area contributed by atoms with E-state index in [-0.39, 0.29) is 11.7 Å². The first kappa shape index (κ1) is 17.5. The molecule has 0 saturated heterocycles. The number of nitrogens with zero attached hydrogens (tertiary/aromatic N) is 2. The molecule has 2 aromatic heterocycles. The SMILES string of the molecule is CCc1cccc(NC(=O)CSc2ncnc3c2[nH]c2ccc(C)cc23)c1. The number of aromatic nitrogens is 3. The van der Waals surface area contributed by atoms with E-state index in [1.54, 1.807) is 6.33 Å². The van der Waals surface area contributed by atoms with Gasteiger partial charge in [0, 0.05) is 16.6 Å². The Morgan fingerprint density at radius 2 is 2.07 bits per heavy atom. The van der Waals surface area contributed by atoms with E-state index in [1.807, 2.05) is 24.3 Å². The van der Waals surface area contributed by atoms with Crippen LogP contribution in [0.1, 0.15) is 18.1 Å². The van der Waals surface area contributed by atoms with Crippen molar-refractivity contribution in [2.45, 2.75) is 25.3 Å². The van der Waals surface area contributed by atoms with Crippen LogP contribution < -0.4 is 5.32 Å². The van der Waals surface area contributed by atoms with Gasteiger partial charge in [0.25, 0.3) is 0 Å². The summed E-state index contributed by atoms with van der Waals surface area (Å²) in [6.45, 7) is 4.16. The third-order valence-corrected chi connectivity index (χ3v) is 5.45. The zero-order chi connectivity index (χ0) is 18.8. The van der Waals surface area contributed by atoms with Crippen molar-refractivity contribution in [1.82, 2.24) is 15.0 Å². The summed E-state index contributed by atoms with van der Waals surface area (Å²) in [7, 11) is 0. The number of fused-ring (bicyclic) bond motifs is 3. The molecule has 4 aromatic rings. The monoisotopic (exact) mass is 376 g/mol. The van der Waals surface area contributed by atoms with E-state index in [0.29, 0.717) is 0 Å². The van der Waals surface area contributed by atoms with E-state index in [9.17, 15) is 4.79 Å². The number of aromatic amines is 1. The average molecular weight is 376 g/mol. The fourth-order valence-electron chi connectivity index (χ4n) is 3.09. The minimum absolute atomic E-state index is 0.0491. The molecule has 0 aliphatic carbocycles. The fraction of sp³-hybridized carbons (Fsp3) is 0.190. The van der Waals surface area contributed by atoms with Crippen molar-refractivity contribution in [3.63, 3.8) is 0 Å². The van der Waals surface area contributed by atoms with Gasteiger partial charge in [0.15, 0.2) is 0 Å². The molecule has 1 amide bonds. The van der Waals surface area contributed by atoms with Gasteiger partial charge in [0.1, 0.15) is 16.9 Å². The van der Waals surface area contributed by atoms with Crippen molar-refractivity contribution in [2.75, 3.05) is 11.1 Å². The minimum atomic E-state index is -0.0491. The van der Waals surface area contributed by atoms with Gasteiger partial charge in [-0.2, -0.15) is 0 Å². The molecule has 136 valence electrons. The van der Waals surface area contributed by atoms with Crippen molar-refractivity contribution in [1.29, 1.82) is 0 Å². The number of benzene rings is 2. The highest BCUT2D eigenvalue weighted by Crippen LogP contribution is 2.30. The van der Waals surface area contributed by atoms with Gasteiger partial charge in [0.2, 0.25) is 5.91 Å². The molecule has 4 rings (SSSR count). The van der Waals surface area contributed by atoms with Gasteiger partial charge in [-0.15, -0.1) is 0 Å². The lowest BCUT2D eigenvalue weighted by Gasteiger charge is -2.06. The number of thioether (sulfide) groups is 1. The van der Waals surface area contributed by atoms with E-state index in [0.717, 1.165) is 39.1 Å². The second kappa shape index (κ2) is 7.40. The van der Waals surface area contributed by atoms with Gasteiger partial charge in [0.05, 0.1) is 11.3 Å². The van der Waals surface area contributed by atoms with Crippen molar-refractivity contribution >= 4 is 45.3 Å². The molecule has 0 saturated carbocycles. The first-order valence-corrected chi connectivity index (χ1v) is 9.87. The van der Waals surface area contributed by atoms with Crippen LogP contribution in [0.25, 0.3) is 21.9 Å². The van der Waals surface area contributed by atoms with Crippen LogP contribution in [0.4, 0.5) is 5.69 Å². The summed E-state index contributed by atoms with van der Waals surface area (Å²) < 4.78 is 0. The van der Waals surface area contributed by atoms with Crippen molar-refractivity contribution in [2.24, 2.45) is 0 Å². The second-order valence-corrected chi connectivity index (χ2v) is 7.43. The Bertz CT molecular complexity index is 1140. The van der Waals surface area contributed by atoms with Crippen LogP contribution in [0.3, 0.4) is 0 Å². The van der Waals surface area contributed by atoms with Gasteiger partial charge in [-0.05, 0) is 43.2 Å². The van der Waals surface area contributed by atoms with Gasteiger partial charge in [-0.3, -0.25) is 4.79 Å². The van der Waals surface area contributed by atoms with Crippen LogP contribution in [0.5, 0.6) is 0 Å². The van der Waals surface area contributed by atoms with Gasteiger partial charge >= 0.3 is 0 Å². The lowest BCUT2D eigenvalue weighted by molar-refractivity contribution is -0.113. The summed E-state index contributed by atoms with van der Waals surface area (Å²) in [6.07, 6.45) is 2.50. The third kappa shape index (κ3) is 3.66. The third-order valence-electron chi connectivity index (χ3n) is 4.46. The lowest BCUT2D eigenvalue weighted by atomic mass is 10.1. The molecule has 2 heterocycles. The van der Waals surface area contributed by atoms with Gasteiger partial charge < -0.3 is 10.3 Å². The Kier molecular flexibility index (Phi) is 4.81. The van der Waals surface area contributed by atoms with Crippen molar-refractivity contribution in [3.05, 3.63) is 59.9 Å². The molecule has 0 atom stereocenters. The van der Waals surface area contributed by atoms with Crippen LogP contribution in [0.2, 0.25) is 0 Å². The molecule has 0 aliphatic rings. The number of anilines is 1. The number of nitrogens with one attached hydrogen (secondary N) is 2. The first-order chi connectivity index (χ1) is 13.1. The normalized spacial score (nSPS) is 11.2. The number of H-pyrrole nitrogens is 1. The summed E-state index contributed by atoms with van der Waals surface area (Å²) >= 11 is 1.41.